The molecule has 0 aliphatic rings. The van der Waals surface area contributed by atoms with Gasteiger partial charge in [0.1, 0.15) is 31.3 Å². The summed E-state index contributed by atoms with van der Waals surface area (Å²) < 4.78 is 23.8. The van der Waals surface area contributed by atoms with Crippen LogP contribution in [-0.4, -0.2) is 56.1 Å². The van der Waals surface area contributed by atoms with E-state index in [0.717, 1.165) is 0 Å². The lowest BCUT2D eigenvalue weighted by Gasteiger charge is -2.08. The lowest BCUT2D eigenvalue weighted by Crippen LogP contribution is -2.18. The Bertz CT molecular complexity index is 811. The third-order valence-electron chi connectivity index (χ3n) is 3.52. The van der Waals surface area contributed by atoms with Gasteiger partial charge in [-0.1, -0.05) is 0 Å². The Balaban J connectivity index is 1.67. The third kappa shape index (κ3) is 6.91. The molecule has 0 aliphatic heterocycles. The second-order valence-electron chi connectivity index (χ2n) is 5.52. The zero-order chi connectivity index (χ0) is 21.9. The van der Waals surface area contributed by atoms with Gasteiger partial charge in [-0.2, -0.15) is 0 Å². The van der Waals surface area contributed by atoms with Crippen LogP contribution in [0, 0.1) is 0 Å². The van der Waals surface area contributed by atoms with Crippen LogP contribution in [0.25, 0.3) is 0 Å². The maximum Gasteiger partial charge on any atom is 0.513 e. The molecule has 2 aromatic rings. The van der Waals surface area contributed by atoms with Crippen LogP contribution >= 0.6 is 0 Å². The Morgan fingerprint density at radius 3 is 1.57 bits per heavy atom. The van der Waals surface area contributed by atoms with E-state index in [1.165, 1.54) is 55.6 Å². The van der Waals surface area contributed by atoms with Crippen molar-refractivity contribution >= 4 is 24.1 Å². The average Bonchev–Trinajstić information content (AvgIpc) is 2.76. The van der Waals surface area contributed by atoms with Crippen LogP contribution in [0.2, 0.25) is 0 Å². The molecule has 2 rings (SSSR count). The molecule has 30 heavy (non-hydrogen) atoms. The van der Waals surface area contributed by atoms with Crippen LogP contribution in [0.4, 0.5) is 9.59 Å². The van der Waals surface area contributed by atoms with Crippen LogP contribution in [0.15, 0.2) is 48.5 Å². The summed E-state index contributed by atoms with van der Waals surface area (Å²) in [5, 5.41) is 8.77. The zero-order valence-corrected chi connectivity index (χ0v) is 15.9. The number of carbonyl (C=O) groups excluding carboxylic acids is 4. The summed E-state index contributed by atoms with van der Waals surface area (Å²) in [6.07, 6.45) is -2.06. The van der Waals surface area contributed by atoms with Crippen LogP contribution in [-0.2, 0) is 14.2 Å². The van der Waals surface area contributed by atoms with Crippen molar-refractivity contribution in [2.45, 2.75) is 0 Å². The van der Waals surface area contributed by atoms with Crippen LogP contribution < -0.4 is 9.47 Å². The number of benzene rings is 2. The van der Waals surface area contributed by atoms with Gasteiger partial charge in [-0.3, -0.25) is 4.79 Å². The van der Waals surface area contributed by atoms with Gasteiger partial charge in [0.05, 0.1) is 12.7 Å². The molecular formula is C20H18O10. The number of esters is 1. The SMILES string of the molecule is COC(=O)c1ccc(OC(=O)OCCOC(=O)Oc2ccc(C(=O)CO)cc2)cc1. The van der Waals surface area contributed by atoms with Crippen molar-refractivity contribution < 1.29 is 48.0 Å². The Labute approximate surface area is 170 Å². The molecule has 0 unspecified atom stereocenters. The first-order valence-corrected chi connectivity index (χ1v) is 8.54. The number of aliphatic hydroxyl groups is 1. The van der Waals surface area contributed by atoms with Crippen LogP contribution in [0.5, 0.6) is 11.5 Å². The van der Waals surface area contributed by atoms with Crippen LogP contribution in [0.3, 0.4) is 0 Å². The van der Waals surface area contributed by atoms with E-state index in [0.29, 0.717) is 5.56 Å². The van der Waals surface area contributed by atoms with Crippen molar-refractivity contribution in [2.24, 2.45) is 0 Å². The first-order chi connectivity index (χ1) is 14.4. The highest BCUT2D eigenvalue weighted by molar-refractivity contribution is 5.97. The summed E-state index contributed by atoms with van der Waals surface area (Å²) in [5.74, 6) is -0.711. The van der Waals surface area contributed by atoms with Crippen LogP contribution in [0.1, 0.15) is 20.7 Å². The van der Waals surface area contributed by atoms with Gasteiger partial charge < -0.3 is 28.8 Å². The Morgan fingerprint density at radius 2 is 1.17 bits per heavy atom. The van der Waals surface area contributed by atoms with Crippen molar-refractivity contribution in [3.05, 3.63) is 59.7 Å². The van der Waals surface area contributed by atoms with Crippen molar-refractivity contribution in [2.75, 3.05) is 26.9 Å². The quantitative estimate of drug-likeness (QED) is 0.224. The van der Waals surface area contributed by atoms with E-state index in [1.807, 2.05) is 0 Å². The number of rotatable bonds is 8. The van der Waals surface area contributed by atoms with Crippen molar-refractivity contribution in [1.82, 2.24) is 0 Å². The minimum absolute atomic E-state index is 0.130. The van der Waals surface area contributed by atoms with Gasteiger partial charge in [-0.05, 0) is 48.5 Å². The maximum absolute atomic E-state index is 11.6. The predicted octanol–water partition coefficient (Wildman–Crippen LogP) is 2.38. The summed E-state index contributed by atoms with van der Waals surface area (Å²) in [6, 6.07) is 11.1. The number of hydrogen-bond acceptors (Lipinski definition) is 10. The number of Topliss-reactive ketones (excluding diaryl/α,β-unsaturated/α-hetero) is 1. The van der Waals surface area contributed by atoms with E-state index in [1.54, 1.807) is 0 Å². The van der Waals surface area contributed by atoms with Crippen molar-refractivity contribution in [1.29, 1.82) is 0 Å². The van der Waals surface area contributed by atoms with E-state index >= 15 is 0 Å². The molecule has 0 spiro atoms. The lowest BCUT2D eigenvalue weighted by atomic mass is 10.1. The van der Waals surface area contributed by atoms with Crippen molar-refractivity contribution in [3.63, 3.8) is 0 Å². The molecular weight excluding hydrogens is 400 g/mol. The lowest BCUT2D eigenvalue weighted by molar-refractivity contribution is 0.0541. The van der Waals surface area contributed by atoms with Gasteiger partial charge in [-0.25, -0.2) is 14.4 Å². The maximum atomic E-state index is 11.6. The largest absolute Gasteiger partial charge is 0.513 e. The number of carbonyl (C=O) groups is 4. The fourth-order valence-corrected chi connectivity index (χ4v) is 2.08. The fraction of sp³-hybridized carbons (Fsp3) is 0.200. The highest BCUT2D eigenvalue weighted by atomic mass is 16.7. The molecule has 158 valence electrons. The summed E-state index contributed by atoms with van der Waals surface area (Å²) in [4.78, 5) is 45.8. The highest BCUT2D eigenvalue weighted by Gasteiger charge is 2.11. The van der Waals surface area contributed by atoms with Gasteiger partial charge in [0, 0.05) is 5.56 Å². The Kier molecular flexibility index (Phi) is 8.33. The molecule has 0 fully saturated rings. The van der Waals surface area contributed by atoms with E-state index < -0.39 is 30.7 Å². The van der Waals surface area contributed by atoms with Gasteiger partial charge in [0.25, 0.3) is 0 Å². The molecule has 0 aliphatic carbocycles. The Morgan fingerprint density at radius 1 is 0.733 bits per heavy atom. The highest BCUT2D eigenvalue weighted by Crippen LogP contribution is 2.14. The first kappa shape index (κ1) is 22.4. The third-order valence-corrected chi connectivity index (χ3v) is 3.52. The fourth-order valence-electron chi connectivity index (χ4n) is 2.08. The summed E-state index contributed by atoms with van der Waals surface area (Å²) in [6.45, 7) is -1.18. The number of aliphatic hydroxyl groups excluding tert-OH is 1. The van der Waals surface area contributed by atoms with E-state index in [-0.39, 0.29) is 30.3 Å². The van der Waals surface area contributed by atoms with Gasteiger partial charge in [0.2, 0.25) is 0 Å². The molecule has 2 aromatic carbocycles. The monoisotopic (exact) mass is 418 g/mol. The molecule has 0 heterocycles. The normalized spacial score (nSPS) is 9.93. The van der Waals surface area contributed by atoms with Gasteiger partial charge in [-0.15, -0.1) is 0 Å². The summed E-state index contributed by atoms with van der Waals surface area (Å²) in [5.41, 5.74) is 0.560. The molecule has 0 saturated carbocycles. The molecule has 0 saturated heterocycles. The average molecular weight is 418 g/mol. The zero-order valence-electron chi connectivity index (χ0n) is 15.9. The molecule has 0 radical (unpaired) electrons. The molecule has 10 heteroatoms. The standard InChI is InChI=1S/C20H18O10/c1-26-18(23)14-4-8-16(9-5-14)30-20(25)28-11-10-27-19(24)29-15-6-2-13(3-7-15)17(22)12-21/h2-9,21H,10-12H2,1H3. The number of ketones is 1. The smallest absolute Gasteiger partial charge is 0.465 e. The predicted molar refractivity (Wildman–Crippen MR) is 99.6 cm³/mol. The molecule has 0 aromatic heterocycles. The molecule has 0 atom stereocenters. The first-order valence-electron chi connectivity index (χ1n) is 8.54. The van der Waals surface area contributed by atoms with E-state index in [9.17, 15) is 19.2 Å². The second kappa shape index (κ2) is 11.2. The van der Waals surface area contributed by atoms with E-state index in [4.69, 9.17) is 24.1 Å². The number of hydrogen-bond donors (Lipinski definition) is 1. The molecule has 0 bridgehead atoms. The van der Waals surface area contributed by atoms with Gasteiger partial charge >= 0.3 is 18.3 Å². The molecule has 1 N–H and O–H groups in total. The molecule has 10 nitrogen and oxygen atoms in total. The van der Waals surface area contributed by atoms with E-state index in [2.05, 4.69) is 4.74 Å². The molecule has 0 amide bonds. The van der Waals surface area contributed by atoms with Crippen molar-refractivity contribution in [3.8, 4) is 11.5 Å². The number of methoxy groups -OCH3 is 1. The summed E-state index contributed by atoms with van der Waals surface area (Å²) in [7, 11) is 1.25. The Hall–Kier alpha value is -3.92. The minimum Gasteiger partial charge on any atom is -0.465 e. The van der Waals surface area contributed by atoms with Gasteiger partial charge in [0.15, 0.2) is 5.78 Å². The topological polar surface area (TPSA) is 135 Å². The summed E-state index contributed by atoms with van der Waals surface area (Å²) >= 11 is 0. The minimum atomic E-state index is -1.04. The second-order valence-corrected chi connectivity index (χ2v) is 5.52. The number of ether oxygens (including phenoxy) is 5.